The lowest BCUT2D eigenvalue weighted by Crippen LogP contribution is -2.40. The van der Waals surface area contributed by atoms with Crippen LogP contribution in [-0.2, 0) is 25.0 Å². The Hall–Kier alpha value is -2.22. The maximum absolute atomic E-state index is 13.2. The molecule has 0 atom stereocenters. The smallest absolute Gasteiger partial charge is 0.243 e. The van der Waals surface area contributed by atoms with Crippen molar-refractivity contribution in [1.82, 2.24) is 4.31 Å². The van der Waals surface area contributed by atoms with Gasteiger partial charge in [0.25, 0.3) is 0 Å². The van der Waals surface area contributed by atoms with Crippen LogP contribution in [0.2, 0.25) is 0 Å². The van der Waals surface area contributed by atoms with Gasteiger partial charge in [0.2, 0.25) is 15.9 Å². The van der Waals surface area contributed by atoms with Gasteiger partial charge in [-0.1, -0.05) is 43.2 Å². The Morgan fingerprint density at radius 1 is 0.931 bits per heavy atom. The summed E-state index contributed by atoms with van der Waals surface area (Å²) in [6.45, 7) is 1.55. The fraction of sp³-hybridized carbons (Fsp3) is 0.409. The monoisotopic (exact) mass is 414 g/mol. The SMILES string of the molecule is O=C(Nc1ccc(S(=O)(=O)N2CCOCC2)cc1)C1(c2ccccc2)CCCC1. The molecule has 2 aromatic rings. The van der Waals surface area contributed by atoms with Gasteiger partial charge in [0.05, 0.1) is 23.5 Å². The first kappa shape index (κ1) is 20.1. The standard InChI is InChI=1S/C22H26N2O4S/c25-21(22(12-4-5-13-22)18-6-2-1-3-7-18)23-19-8-10-20(11-9-19)29(26,27)24-14-16-28-17-15-24/h1-3,6-11H,4-5,12-17H2,(H,23,25). The summed E-state index contributed by atoms with van der Waals surface area (Å²) in [5.41, 5.74) is 1.14. The molecule has 2 aromatic carbocycles. The van der Waals surface area contributed by atoms with Gasteiger partial charge in [-0.15, -0.1) is 0 Å². The molecule has 0 bridgehead atoms. The molecule has 154 valence electrons. The summed E-state index contributed by atoms with van der Waals surface area (Å²) in [4.78, 5) is 13.4. The Kier molecular flexibility index (Phi) is 5.72. The van der Waals surface area contributed by atoms with Crippen LogP contribution < -0.4 is 5.32 Å². The van der Waals surface area contributed by atoms with Gasteiger partial charge in [-0.2, -0.15) is 4.31 Å². The number of hydrogen-bond acceptors (Lipinski definition) is 4. The first-order chi connectivity index (χ1) is 14.0. The van der Waals surface area contributed by atoms with Gasteiger partial charge in [-0.05, 0) is 42.7 Å². The predicted octanol–water partition coefficient (Wildman–Crippen LogP) is 3.16. The van der Waals surface area contributed by atoms with Crippen LogP contribution in [-0.4, -0.2) is 44.9 Å². The molecular weight excluding hydrogens is 388 g/mol. The molecule has 0 radical (unpaired) electrons. The van der Waals surface area contributed by atoms with Crippen molar-refractivity contribution in [1.29, 1.82) is 0 Å². The quantitative estimate of drug-likeness (QED) is 0.816. The first-order valence-corrected chi connectivity index (χ1v) is 11.5. The molecule has 2 aliphatic rings. The second kappa shape index (κ2) is 8.26. The maximum Gasteiger partial charge on any atom is 0.243 e. The van der Waals surface area contributed by atoms with Gasteiger partial charge in [0.15, 0.2) is 0 Å². The molecule has 29 heavy (non-hydrogen) atoms. The van der Waals surface area contributed by atoms with Gasteiger partial charge >= 0.3 is 0 Å². The molecule has 0 unspecified atom stereocenters. The van der Waals surface area contributed by atoms with E-state index >= 15 is 0 Å². The van der Waals surface area contributed by atoms with Crippen LogP contribution in [0, 0.1) is 0 Å². The third-order valence-electron chi connectivity index (χ3n) is 5.94. The minimum absolute atomic E-state index is 0.0232. The number of nitrogens with zero attached hydrogens (tertiary/aromatic N) is 1. The number of sulfonamides is 1. The largest absolute Gasteiger partial charge is 0.379 e. The highest BCUT2D eigenvalue weighted by Crippen LogP contribution is 2.42. The zero-order chi connectivity index (χ0) is 20.3. The van der Waals surface area contributed by atoms with E-state index in [0.29, 0.717) is 32.0 Å². The molecule has 1 aliphatic heterocycles. The van der Waals surface area contributed by atoms with Crippen molar-refractivity contribution in [2.45, 2.75) is 36.0 Å². The molecule has 1 saturated carbocycles. The van der Waals surface area contributed by atoms with Crippen molar-refractivity contribution in [2.75, 3.05) is 31.6 Å². The van der Waals surface area contributed by atoms with E-state index in [0.717, 1.165) is 31.2 Å². The average Bonchev–Trinajstić information content (AvgIpc) is 3.27. The number of anilines is 1. The number of hydrogen-bond donors (Lipinski definition) is 1. The number of nitrogens with one attached hydrogen (secondary N) is 1. The molecule has 6 nitrogen and oxygen atoms in total. The minimum atomic E-state index is -3.54. The van der Waals surface area contributed by atoms with Crippen LogP contribution in [0.4, 0.5) is 5.69 Å². The topological polar surface area (TPSA) is 75.7 Å². The maximum atomic E-state index is 13.2. The molecule has 4 rings (SSSR count). The Morgan fingerprint density at radius 2 is 1.55 bits per heavy atom. The fourth-order valence-electron chi connectivity index (χ4n) is 4.28. The molecule has 1 aliphatic carbocycles. The summed E-state index contributed by atoms with van der Waals surface area (Å²) in [6.07, 6.45) is 3.71. The highest BCUT2D eigenvalue weighted by molar-refractivity contribution is 7.89. The molecule has 7 heteroatoms. The van der Waals surface area contributed by atoms with E-state index in [9.17, 15) is 13.2 Å². The van der Waals surface area contributed by atoms with Crippen LogP contribution in [0.3, 0.4) is 0 Å². The second-order valence-electron chi connectivity index (χ2n) is 7.65. The average molecular weight is 415 g/mol. The van der Waals surface area contributed by atoms with E-state index < -0.39 is 15.4 Å². The van der Waals surface area contributed by atoms with Crippen molar-refractivity contribution < 1.29 is 17.9 Å². The number of morpholine rings is 1. The summed E-state index contributed by atoms with van der Waals surface area (Å²) in [7, 11) is -3.54. The number of amides is 1. The Bertz CT molecular complexity index is 946. The zero-order valence-electron chi connectivity index (χ0n) is 16.3. The third kappa shape index (κ3) is 3.95. The lowest BCUT2D eigenvalue weighted by Gasteiger charge is -2.28. The number of benzene rings is 2. The van der Waals surface area contributed by atoms with E-state index in [1.807, 2.05) is 30.3 Å². The number of rotatable bonds is 5. The van der Waals surface area contributed by atoms with E-state index in [1.54, 1.807) is 24.3 Å². The van der Waals surface area contributed by atoms with Gasteiger partial charge in [-0.3, -0.25) is 4.79 Å². The Labute approximate surface area is 171 Å². The Balaban J connectivity index is 1.52. The van der Waals surface area contributed by atoms with Crippen molar-refractivity contribution in [3.05, 3.63) is 60.2 Å². The fourth-order valence-corrected chi connectivity index (χ4v) is 5.69. The van der Waals surface area contributed by atoms with E-state index in [4.69, 9.17) is 4.74 Å². The zero-order valence-corrected chi connectivity index (χ0v) is 17.2. The van der Waals surface area contributed by atoms with Crippen molar-refractivity contribution >= 4 is 21.6 Å². The van der Waals surface area contributed by atoms with Crippen LogP contribution in [0.15, 0.2) is 59.5 Å². The molecule has 0 aromatic heterocycles. The normalized spacial score (nSPS) is 19.7. The molecular formula is C22H26N2O4S. The van der Waals surface area contributed by atoms with Crippen LogP contribution in [0.5, 0.6) is 0 Å². The van der Waals surface area contributed by atoms with Crippen molar-refractivity contribution in [3.8, 4) is 0 Å². The van der Waals surface area contributed by atoms with Gasteiger partial charge in [0.1, 0.15) is 0 Å². The van der Waals surface area contributed by atoms with Gasteiger partial charge in [0, 0.05) is 18.8 Å². The van der Waals surface area contributed by atoms with Crippen molar-refractivity contribution in [2.24, 2.45) is 0 Å². The molecule has 1 amide bonds. The summed E-state index contributed by atoms with van der Waals surface area (Å²) >= 11 is 0. The van der Waals surface area contributed by atoms with Crippen LogP contribution in [0.25, 0.3) is 0 Å². The van der Waals surface area contributed by atoms with Gasteiger partial charge in [-0.25, -0.2) is 8.42 Å². The minimum Gasteiger partial charge on any atom is -0.379 e. The molecule has 2 fully saturated rings. The summed E-state index contributed by atoms with van der Waals surface area (Å²) < 4.78 is 32.2. The Morgan fingerprint density at radius 3 is 2.17 bits per heavy atom. The summed E-state index contributed by atoms with van der Waals surface area (Å²) in [5, 5.41) is 3.01. The van der Waals surface area contributed by atoms with Crippen LogP contribution in [0.1, 0.15) is 31.2 Å². The number of carbonyl (C=O) groups is 1. The second-order valence-corrected chi connectivity index (χ2v) is 9.59. The molecule has 1 N–H and O–H groups in total. The molecule has 0 spiro atoms. The van der Waals surface area contributed by atoms with Crippen molar-refractivity contribution in [3.63, 3.8) is 0 Å². The van der Waals surface area contributed by atoms with E-state index in [2.05, 4.69) is 5.32 Å². The first-order valence-electron chi connectivity index (χ1n) is 10.1. The van der Waals surface area contributed by atoms with Gasteiger partial charge < -0.3 is 10.1 Å². The lowest BCUT2D eigenvalue weighted by molar-refractivity contribution is -0.121. The summed E-state index contributed by atoms with van der Waals surface area (Å²) in [5.74, 6) is -0.0232. The van der Waals surface area contributed by atoms with E-state index in [-0.39, 0.29) is 10.8 Å². The third-order valence-corrected chi connectivity index (χ3v) is 7.85. The predicted molar refractivity (Wildman–Crippen MR) is 111 cm³/mol. The highest BCUT2D eigenvalue weighted by Gasteiger charge is 2.42. The highest BCUT2D eigenvalue weighted by atomic mass is 32.2. The van der Waals surface area contributed by atoms with E-state index in [1.165, 1.54) is 4.31 Å². The number of carbonyl (C=O) groups excluding carboxylic acids is 1. The molecule has 1 saturated heterocycles. The lowest BCUT2D eigenvalue weighted by atomic mass is 9.78. The summed E-state index contributed by atoms with van der Waals surface area (Å²) in [6, 6.07) is 16.4. The molecule has 1 heterocycles. The number of ether oxygens (including phenoxy) is 1. The van der Waals surface area contributed by atoms with Crippen LogP contribution >= 0.6 is 0 Å².